The number of hydrogen-bond donors (Lipinski definition) is 1. The number of ether oxygens (including phenoxy) is 1. The first-order valence-electron chi connectivity index (χ1n) is 6.21. The number of methoxy groups -OCH3 is 1. The van der Waals surface area contributed by atoms with E-state index in [1.807, 2.05) is 12.1 Å². The van der Waals surface area contributed by atoms with Crippen molar-refractivity contribution in [2.24, 2.45) is 5.73 Å². The highest BCUT2D eigenvalue weighted by Crippen LogP contribution is 2.25. The molecule has 0 spiro atoms. The number of benzene rings is 2. The normalized spacial score (nSPS) is 12.9. The van der Waals surface area contributed by atoms with Crippen molar-refractivity contribution in [1.29, 1.82) is 0 Å². The quantitative estimate of drug-likeness (QED) is 0.916. The highest BCUT2D eigenvalue weighted by atomic mass is 32.2. The van der Waals surface area contributed by atoms with Crippen LogP contribution < -0.4 is 10.5 Å². The second kappa shape index (κ2) is 6.07. The van der Waals surface area contributed by atoms with Crippen LogP contribution in [0.3, 0.4) is 0 Å². The smallest absolute Gasteiger partial charge is 0.180 e. The van der Waals surface area contributed by atoms with Crippen LogP contribution in [0.25, 0.3) is 0 Å². The van der Waals surface area contributed by atoms with Crippen molar-refractivity contribution in [3.63, 3.8) is 0 Å². The van der Waals surface area contributed by atoms with Crippen molar-refractivity contribution < 1.29 is 13.2 Å². The lowest BCUT2D eigenvalue weighted by Gasteiger charge is -2.15. The third-order valence-electron chi connectivity index (χ3n) is 3.04. The van der Waals surface area contributed by atoms with E-state index in [1.165, 1.54) is 7.11 Å². The summed E-state index contributed by atoms with van der Waals surface area (Å²) in [6, 6.07) is 14.9. The molecule has 0 saturated heterocycles. The number of nitrogens with two attached hydrogens (primary N) is 1. The fourth-order valence-corrected chi connectivity index (χ4v) is 3.44. The standard InChI is InChI=1S/C15H17NO3S/c1-19-15-10-6-5-9-13(15)14(16)11-20(17,18)12-7-3-2-4-8-12/h2-10,14H,11,16H2,1H3. The molecule has 2 N–H and O–H groups in total. The highest BCUT2D eigenvalue weighted by molar-refractivity contribution is 7.91. The van der Waals surface area contributed by atoms with Gasteiger partial charge in [0.05, 0.1) is 17.8 Å². The number of hydrogen-bond acceptors (Lipinski definition) is 4. The predicted molar refractivity (Wildman–Crippen MR) is 78.4 cm³/mol. The van der Waals surface area contributed by atoms with Crippen molar-refractivity contribution in [3.05, 3.63) is 60.2 Å². The maximum absolute atomic E-state index is 12.3. The average Bonchev–Trinajstić information content (AvgIpc) is 2.47. The molecule has 0 fully saturated rings. The molecule has 2 rings (SSSR count). The van der Waals surface area contributed by atoms with Gasteiger partial charge < -0.3 is 10.5 Å². The maximum Gasteiger partial charge on any atom is 0.180 e. The van der Waals surface area contributed by atoms with Crippen molar-refractivity contribution in [2.45, 2.75) is 10.9 Å². The molecule has 0 radical (unpaired) electrons. The molecule has 0 aliphatic heterocycles. The minimum Gasteiger partial charge on any atom is -0.496 e. The summed E-state index contributed by atoms with van der Waals surface area (Å²) in [5, 5.41) is 0. The summed E-state index contributed by atoms with van der Waals surface area (Å²) in [7, 11) is -1.87. The number of sulfone groups is 1. The lowest BCUT2D eigenvalue weighted by atomic mass is 10.1. The van der Waals surface area contributed by atoms with Gasteiger partial charge in [0.2, 0.25) is 0 Å². The van der Waals surface area contributed by atoms with Crippen LogP contribution in [0.1, 0.15) is 11.6 Å². The van der Waals surface area contributed by atoms with Crippen LogP contribution in [0.15, 0.2) is 59.5 Å². The molecule has 0 aliphatic carbocycles. The van der Waals surface area contributed by atoms with Crippen LogP contribution >= 0.6 is 0 Å². The molecule has 2 aromatic carbocycles. The zero-order chi connectivity index (χ0) is 14.6. The van der Waals surface area contributed by atoms with Crippen LogP contribution in [0.2, 0.25) is 0 Å². The molecule has 106 valence electrons. The summed E-state index contributed by atoms with van der Waals surface area (Å²) in [5.74, 6) is 0.445. The number of rotatable bonds is 5. The van der Waals surface area contributed by atoms with Crippen molar-refractivity contribution in [2.75, 3.05) is 12.9 Å². The van der Waals surface area contributed by atoms with E-state index in [1.54, 1.807) is 42.5 Å². The SMILES string of the molecule is COc1ccccc1C(N)CS(=O)(=O)c1ccccc1. The zero-order valence-electron chi connectivity index (χ0n) is 11.2. The Morgan fingerprint density at radius 3 is 2.30 bits per heavy atom. The summed E-state index contributed by atoms with van der Waals surface area (Å²) in [6.45, 7) is 0. The molecule has 0 saturated carbocycles. The second-order valence-electron chi connectivity index (χ2n) is 4.44. The minimum atomic E-state index is -3.41. The summed E-state index contributed by atoms with van der Waals surface area (Å²) < 4.78 is 29.8. The molecule has 0 amide bonds. The third-order valence-corrected chi connectivity index (χ3v) is 4.83. The van der Waals surface area contributed by atoms with Gasteiger partial charge in [-0.1, -0.05) is 36.4 Å². The Morgan fingerprint density at radius 2 is 1.65 bits per heavy atom. The topological polar surface area (TPSA) is 69.4 Å². The van der Waals surface area contributed by atoms with E-state index in [0.29, 0.717) is 11.3 Å². The Hall–Kier alpha value is -1.85. The largest absolute Gasteiger partial charge is 0.496 e. The van der Waals surface area contributed by atoms with Gasteiger partial charge in [0.25, 0.3) is 0 Å². The molecule has 0 aliphatic rings. The van der Waals surface area contributed by atoms with E-state index in [4.69, 9.17) is 10.5 Å². The van der Waals surface area contributed by atoms with E-state index in [9.17, 15) is 8.42 Å². The molecule has 0 aromatic heterocycles. The highest BCUT2D eigenvalue weighted by Gasteiger charge is 2.21. The summed E-state index contributed by atoms with van der Waals surface area (Å²) in [4.78, 5) is 0.283. The first-order chi connectivity index (χ1) is 9.54. The molecule has 20 heavy (non-hydrogen) atoms. The molecule has 1 unspecified atom stereocenters. The Bertz CT molecular complexity index is 669. The average molecular weight is 291 g/mol. The lowest BCUT2D eigenvalue weighted by Crippen LogP contribution is -2.22. The van der Waals surface area contributed by atoms with Crippen molar-refractivity contribution in [3.8, 4) is 5.75 Å². The van der Waals surface area contributed by atoms with Crippen LogP contribution in [0.4, 0.5) is 0 Å². The van der Waals surface area contributed by atoms with Gasteiger partial charge in [-0.15, -0.1) is 0 Å². The molecule has 4 nitrogen and oxygen atoms in total. The fraction of sp³-hybridized carbons (Fsp3) is 0.200. The van der Waals surface area contributed by atoms with Gasteiger partial charge in [0, 0.05) is 11.6 Å². The van der Waals surface area contributed by atoms with Gasteiger partial charge in [0.1, 0.15) is 5.75 Å². The van der Waals surface area contributed by atoms with Gasteiger partial charge in [-0.2, -0.15) is 0 Å². The Labute approximate surface area is 119 Å². The van der Waals surface area contributed by atoms with E-state index in [0.717, 1.165) is 0 Å². The first kappa shape index (κ1) is 14.6. The fourth-order valence-electron chi connectivity index (χ4n) is 2.02. The van der Waals surface area contributed by atoms with E-state index >= 15 is 0 Å². The molecule has 0 bridgehead atoms. The van der Waals surface area contributed by atoms with Gasteiger partial charge in [0.15, 0.2) is 9.84 Å². The Morgan fingerprint density at radius 1 is 1.05 bits per heavy atom. The van der Waals surface area contributed by atoms with Crippen molar-refractivity contribution in [1.82, 2.24) is 0 Å². The predicted octanol–water partition coefficient (Wildman–Crippen LogP) is 2.17. The summed E-state index contributed by atoms with van der Waals surface area (Å²) in [5.41, 5.74) is 6.73. The molecular formula is C15H17NO3S. The minimum absolute atomic E-state index is 0.155. The second-order valence-corrected chi connectivity index (χ2v) is 6.48. The summed E-state index contributed by atoms with van der Waals surface area (Å²) >= 11 is 0. The van der Waals surface area contributed by atoms with Crippen LogP contribution in [-0.2, 0) is 9.84 Å². The Balaban J connectivity index is 2.26. The third kappa shape index (κ3) is 3.18. The van der Waals surface area contributed by atoms with Crippen LogP contribution in [-0.4, -0.2) is 21.3 Å². The number of para-hydroxylation sites is 1. The van der Waals surface area contributed by atoms with Gasteiger partial charge in [-0.3, -0.25) is 0 Å². The first-order valence-corrected chi connectivity index (χ1v) is 7.86. The van der Waals surface area contributed by atoms with Gasteiger partial charge in [-0.05, 0) is 18.2 Å². The van der Waals surface area contributed by atoms with E-state index < -0.39 is 15.9 Å². The molecule has 0 heterocycles. The van der Waals surface area contributed by atoms with Crippen LogP contribution in [0, 0.1) is 0 Å². The van der Waals surface area contributed by atoms with Gasteiger partial charge in [-0.25, -0.2) is 8.42 Å². The Kier molecular flexibility index (Phi) is 4.42. The monoisotopic (exact) mass is 291 g/mol. The lowest BCUT2D eigenvalue weighted by molar-refractivity contribution is 0.407. The van der Waals surface area contributed by atoms with E-state index in [-0.39, 0.29) is 10.6 Å². The molecule has 2 aromatic rings. The van der Waals surface area contributed by atoms with Crippen LogP contribution in [0.5, 0.6) is 5.75 Å². The molecular weight excluding hydrogens is 274 g/mol. The molecule has 1 atom stereocenters. The maximum atomic E-state index is 12.3. The van der Waals surface area contributed by atoms with Gasteiger partial charge >= 0.3 is 0 Å². The van der Waals surface area contributed by atoms with Crippen molar-refractivity contribution >= 4 is 9.84 Å². The molecule has 5 heteroatoms. The van der Waals surface area contributed by atoms with E-state index in [2.05, 4.69) is 0 Å². The zero-order valence-corrected chi connectivity index (χ0v) is 12.0. The summed E-state index contributed by atoms with van der Waals surface area (Å²) in [6.07, 6.45) is 0.